The molecule has 0 amide bonds. The van der Waals surface area contributed by atoms with Crippen molar-refractivity contribution < 1.29 is 4.74 Å². The van der Waals surface area contributed by atoms with Gasteiger partial charge in [0.25, 0.3) is 0 Å². The number of benzene rings is 11. The minimum Gasteiger partial charge on any atom is -0.485 e. The molecule has 2 heterocycles. The molecule has 1 aliphatic carbocycles. The lowest BCUT2D eigenvalue weighted by Gasteiger charge is -2.22. The molecule has 0 fully saturated rings. The lowest BCUT2D eigenvalue weighted by atomic mass is 9.82. The average Bonchev–Trinajstić information content (AvgIpc) is 3.93. The van der Waals surface area contributed by atoms with Gasteiger partial charge in [-0.15, -0.1) is 11.3 Å². The zero-order chi connectivity index (χ0) is 41.9. The predicted octanol–water partition coefficient (Wildman–Crippen LogP) is 17.5. The van der Waals surface area contributed by atoms with Crippen molar-refractivity contribution >= 4 is 96.5 Å². The summed E-state index contributed by atoms with van der Waals surface area (Å²) in [5.41, 5.74) is 12.7. The van der Waals surface area contributed by atoms with Gasteiger partial charge in [0.15, 0.2) is 0 Å². The van der Waals surface area contributed by atoms with Gasteiger partial charge in [0.05, 0.1) is 0 Å². The largest absolute Gasteiger partial charge is 0.485 e. The first-order valence-corrected chi connectivity index (χ1v) is 23.1. The second-order valence-electron chi connectivity index (χ2n) is 17.3. The lowest BCUT2D eigenvalue weighted by Crippen LogP contribution is -2.13. The summed E-state index contributed by atoms with van der Waals surface area (Å²) in [4.78, 5) is 0. The zero-order valence-electron chi connectivity index (χ0n) is 34.8. The molecule has 12 aromatic rings. The Bertz CT molecular complexity index is 3900. The third-order valence-corrected chi connectivity index (χ3v) is 15.1. The Morgan fingerprint density at radius 2 is 0.938 bits per heavy atom. The summed E-state index contributed by atoms with van der Waals surface area (Å²) in [7, 11) is 0. The van der Waals surface area contributed by atoms with E-state index in [1.54, 1.807) is 0 Å². The van der Waals surface area contributed by atoms with E-state index in [9.17, 15) is 0 Å². The molecule has 1 aromatic heterocycles. The Hall–Kier alpha value is -7.78. The molecule has 0 bridgehead atoms. The fourth-order valence-electron chi connectivity index (χ4n) is 11.2. The van der Waals surface area contributed by atoms with Crippen molar-refractivity contribution in [2.24, 2.45) is 0 Å². The SMILES string of the molecule is C1=C(c2c3ccccc3c(-c3cccc4c3sc3ccc(-c5c6ccccc6c(-c6ccccc6)c6ccccc56)cc34)c3ccccc23)C=C2c3c(ccc4ccccc34)OC2C1. The van der Waals surface area contributed by atoms with Gasteiger partial charge in [0, 0.05) is 43.3 Å². The van der Waals surface area contributed by atoms with Gasteiger partial charge in [-0.1, -0.05) is 188 Å². The average molecular weight is 831 g/mol. The number of ether oxygens (including phenoxy) is 1. The van der Waals surface area contributed by atoms with Crippen molar-refractivity contribution in [1.29, 1.82) is 0 Å². The van der Waals surface area contributed by atoms with E-state index >= 15 is 0 Å². The van der Waals surface area contributed by atoms with E-state index < -0.39 is 0 Å². The second-order valence-corrected chi connectivity index (χ2v) is 18.4. The first-order valence-electron chi connectivity index (χ1n) is 22.3. The molecule has 1 aliphatic heterocycles. The van der Waals surface area contributed by atoms with Gasteiger partial charge >= 0.3 is 0 Å². The van der Waals surface area contributed by atoms with Crippen molar-refractivity contribution in [2.75, 3.05) is 0 Å². The molecule has 0 saturated heterocycles. The first-order chi connectivity index (χ1) is 31.8. The smallest absolute Gasteiger partial charge is 0.128 e. The molecule has 2 heteroatoms. The van der Waals surface area contributed by atoms with Crippen molar-refractivity contribution in [3.05, 3.63) is 223 Å². The number of allylic oxidation sites excluding steroid dienone is 2. The van der Waals surface area contributed by atoms with Crippen molar-refractivity contribution in [3.8, 4) is 39.1 Å². The summed E-state index contributed by atoms with van der Waals surface area (Å²) >= 11 is 1.91. The summed E-state index contributed by atoms with van der Waals surface area (Å²) < 4.78 is 9.22. The van der Waals surface area contributed by atoms with Crippen LogP contribution < -0.4 is 4.74 Å². The van der Waals surface area contributed by atoms with E-state index in [1.165, 1.54) is 130 Å². The standard InChI is InChI=1S/C62H38OS/c1-2-16-38(17-3-1)57-42-19-6-8-21-44(42)59(45-22-9-7-20-43(45)57)40-31-34-56-52(35-40)50-27-14-28-51(62(50)64-56)60-48-25-12-10-23-46(48)58(47-24-11-13-26-49(47)60)39-30-32-54-53(36-39)61-41-18-5-4-15-37(41)29-33-55(61)63-54/h1-31,33-36,54H,32H2. The molecule has 11 aromatic carbocycles. The monoisotopic (exact) mass is 830 g/mol. The Morgan fingerprint density at radius 1 is 0.391 bits per heavy atom. The van der Waals surface area contributed by atoms with E-state index in [0.717, 1.165) is 12.2 Å². The van der Waals surface area contributed by atoms with E-state index in [2.05, 4.69) is 212 Å². The molecule has 2 aliphatic rings. The van der Waals surface area contributed by atoms with Crippen LogP contribution in [-0.2, 0) is 0 Å². The molecule has 1 unspecified atom stereocenters. The van der Waals surface area contributed by atoms with Gasteiger partial charge in [0.2, 0.25) is 0 Å². The number of fused-ring (bicyclic) bond motifs is 12. The maximum Gasteiger partial charge on any atom is 0.128 e. The molecular formula is C62H38OS. The maximum atomic E-state index is 6.60. The van der Waals surface area contributed by atoms with Gasteiger partial charge < -0.3 is 4.74 Å². The van der Waals surface area contributed by atoms with Crippen LogP contribution in [0.5, 0.6) is 5.75 Å². The first kappa shape index (κ1) is 35.8. The van der Waals surface area contributed by atoms with Gasteiger partial charge in [-0.2, -0.15) is 0 Å². The Labute approximate surface area is 374 Å². The highest BCUT2D eigenvalue weighted by molar-refractivity contribution is 7.26. The third-order valence-electron chi connectivity index (χ3n) is 13.9. The molecule has 0 saturated carbocycles. The minimum absolute atomic E-state index is 0.0264. The van der Waals surface area contributed by atoms with E-state index in [0.29, 0.717) is 0 Å². The van der Waals surface area contributed by atoms with Gasteiger partial charge in [-0.25, -0.2) is 0 Å². The number of thiophene rings is 1. The molecule has 64 heavy (non-hydrogen) atoms. The van der Waals surface area contributed by atoms with Crippen LogP contribution in [0.25, 0.3) is 119 Å². The maximum absolute atomic E-state index is 6.60. The van der Waals surface area contributed by atoms with Crippen molar-refractivity contribution in [2.45, 2.75) is 12.5 Å². The lowest BCUT2D eigenvalue weighted by molar-refractivity contribution is 0.279. The topological polar surface area (TPSA) is 9.23 Å². The van der Waals surface area contributed by atoms with Crippen LogP contribution in [0.3, 0.4) is 0 Å². The van der Waals surface area contributed by atoms with Gasteiger partial charge in [0.1, 0.15) is 11.9 Å². The number of hydrogen-bond acceptors (Lipinski definition) is 2. The van der Waals surface area contributed by atoms with Crippen LogP contribution >= 0.6 is 11.3 Å². The van der Waals surface area contributed by atoms with Crippen molar-refractivity contribution in [3.63, 3.8) is 0 Å². The van der Waals surface area contributed by atoms with Crippen LogP contribution in [0.15, 0.2) is 212 Å². The molecule has 0 radical (unpaired) electrons. The van der Waals surface area contributed by atoms with E-state index in [1.807, 2.05) is 11.3 Å². The van der Waals surface area contributed by atoms with Crippen molar-refractivity contribution in [1.82, 2.24) is 0 Å². The molecule has 0 N–H and O–H groups in total. The highest BCUT2D eigenvalue weighted by atomic mass is 32.1. The summed E-state index contributed by atoms with van der Waals surface area (Å²) in [5.74, 6) is 0.987. The molecule has 298 valence electrons. The summed E-state index contributed by atoms with van der Waals surface area (Å²) in [6.45, 7) is 0. The van der Waals surface area contributed by atoms with Crippen LogP contribution in [0, 0.1) is 0 Å². The van der Waals surface area contributed by atoms with Crippen LogP contribution in [-0.4, -0.2) is 6.10 Å². The Morgan fingerprint density at radius 3 is 1.59 bits per heavy atom. The fourth-order valence-corrected chi connectivity index (χ4v) is 12.4. The summed E-state index contributed by atoms with van der Waals surface area (Å²) in [5, 5.41) is 15.3. The normalized spacial score (nSPS) is 14.7. The summed E-state index contributed by atoms with van der Waals surface area (Å²) in [6.07, 6.45) is 5.69. The predicted molar refractivity (Wildman–Crippen MR) is 275 cm³/mol. The molecule has 1 nitrogen and oxygen atoms in total. The minimum atomic E-state index is 0.0264. The highest BCUT2D eigenvalue weighted by Gasteiger charge is 2.33. The highest BCUT2D eigenvalue weighted by Crippen LogP contribution is 2.51. The molecule has 1 atom stereocenters. The van der Waals surface area contributed by atoms with Crippen LogP contribution in [0.2, 0.25) is 0 Å². The third kappa shape index (κ3) is 5.18. The quantitative estimate of drug-likeness (QED) is 0.161. The Kier molecular flexibility index (Phi) is 7.75. The fraction of sp³-hybridized carbons (Fsp3) is 0.0323. The molecule has 0 spiro atoms. The zero-order valence-corrected chi connectivity index (χ0v) is 35.6. The van der Waals surface area contributed by atoms with E-state index in [4.69, 9.17) is 4.74 Å². The van der Waals surface area contributed by atoms with E-state index in [-0.39, 0.29) is 6.10 Å². The number of rotatable bonds is 4. The second kappa shape index (κ2) is 13.9. The van der Waals surface area contributed by atoms with Gasteiger partial charge in [-0.05, 0) is 117 Å². The molecular weight excluding hydrogens is 793 g/mol. The Balaban J connectivity index is 0.969. The number of hydrogen-bond donors (Lipinski definition) is 0. The summed E-state index contributed by atoms with van der Waals surface area (Å²) in [6, 6.07) is 74.0. The van der Waals surface area contributed by atoms with Crippen LogP contribution in [0.4, 0.5) is 0 Å². The van der Waals surface area contributed by atoms with Crippen LogP contribution in [0.1, 0.15) is 17.5 Å². The van der Waals surface area contributed by atoms with Gasteiger partial charge in [-0.3, -0.25) is 0 Å². The molecule has 14 rings (SSSR count).